The molecule has 17 heavy (non-hydrogen) atoms. The number of Topliss-reactive ketones (excluding diaryl/α,β-unsaturated/α-hetero) is 1. The largest absolute Gasteiger partial charge is 0.479 e. The number of nitrogens with zero attached hydrogens (tertiary/aromatic N) is 2. The highest BCUT2D eigenvalue weighted by Crippen LogP contribution is 2.39. The van der Waals surface area contributed by atoms with Crippen molar-refractivity contribution >= 4 is 5.78 Å². The third-order valence-corrected chi connectivity index (χ3v) is 3.30. The molecule has 0 N–H and O–H groups in total. The van der Waals surface area contributed by atoms with Gasteiger partial charge in [-0.1, -0.05) is 0 Å². The lowest BCUT2D eigenvalue weighted by Gasteiger charge is -2.39. The molecule has 1 aromatic rings. The first-order valence-corrected chi connectivity index (χ1v) is 5.64. The van der Waals surface area contributed by atoms with Crippen molar-refractivity contribution in [2.24, 2.45) is 0 Å². The summed E-state index contributed by atoms with van der Waals surface area (Å²) in [5.41, 5.74) is -0.00193. The van der Waals surface area contributed by atoms with Gasteiger partial charge in [-0.2, -0.15) is 0 Å². The molecule has 5 nitrogen and oxygen atoms in total. The van der Waals surface area contributed by atoms with Gasteiger partial charge in [0.2, 0.25) is 5.88 Å². The van der Waals surface area contributed by atoms with E-state index in [1.807, 2.05) is 0 Å². The maximum atomic E-state index is 12.1. The predicted molar refractivity (Wildman–Crippen MR) is 61.1 cm³/mol. The van der Waals surface area contributed by atoms with Crippen LogP contribution in [0.25, 0.3) is 0 Å². The molecule has 0 atom stereocenters. The maximum Gasteiger partial charge on any atom is 0.243 e. The second kappa shape index (κ2) is 4.79. The number of aromatic nitrogens is 2. The average molecular weight is 236 g/mol. The van der Waals surface area contributed by atoms with E-state index in [9.17, 15) is 4.79 Å². The molecular weight excluding hydrogens is 220 g/mol. The molecule has 0 radical (unpaired) electrons. The molecule has 1 fully saturated rings. The topological polar surface area (TPSA) is 61.3 Å². The molecule has 0 saturated heterocycles. The van der Waals surface area contributed by atoms with Crippen LogP contribution in [-0.4, -0.2) is 35.6 Å². The van der Waals surface area contributed by atoms with Gasteiger partial charge in [0.25, 0.3) is 0 Å². The quantitative estimate of drug-likeness (QED) is 0.727. The molecule has 1 saturated carbocycles. The maximum absolute atomic E-state index is 12.1. The fraction of sp³-hybridized carbons (Fsp3) is 0.583. The second-order valence-corrected chi connectivity index (χ2v) is 4.25. The molecule has 5 heteroatoms. The summed E-state index contributed by atoms with van der Waals surface area (Å²) in [5.74, 6) is 0.208. The van der Waals surface area contributed by atoms with Crippen LogP contribution in [-0.2, 0) is 4.74 Å². The number of ketones is 1. The Morgan fingerprint density at radius 1 is 1.35 bits per heavy atom. The molecule has 2 rings (SSSR count). The first-order chi connectivity index (χ1) is 8.21. The van der Waals surface area contributed by atoms with Crippen molar-refractivity contribution in [1.82, 2.24) is 9.97 Å². The van der Waals surface area contributed by atoms with Crippen molar-refractivity contribution < 1.29 is 14.3 Å². The SMILES string of the molecule is COc1nccnc1C(=O)CC1(OC)CCC1. The number of carbonyl (C=O) groups is 1. The Balaban J connectivity index is 2.14. The summed E-state index contributed by atoms with van der Waals surface area (Å²) in [7, 11) is 3.14. The van der Waals surface area contributed by atoms with E-state index in [1.54, 1.807) is 7.11 Å². The van der Waals surface area contributed by atoms with E-state index in [1.165, 1.54) is 19.5 Å². The molecule has 1 aliphatic carbocycles. The van der Waals surface area contributed by atoms with E-state index in [0.29, 0.717) is 12.1 Å². The number of ether oxygens (including phenoxy) is 2. The lowest BCUT2D eigenvalue weighted by molar-refractivity contribution is -0.0705. The van der Waals surface area contributed by atoms with E-state index in [2.05, 4.69) is 9.97 Å². The molecule has 0 bridgehead atoms. The van der Waals surface area contributed by atoms with Crippen LogP contribution in [0.15, 0.2) is 12.4 Å². The first kappa shape index (κ1) is 12.0. The molecule has 0 spiro atoms. The summed E-state index contributed by atoms with van der Waals surface area (Å²) in [5, 5.41) is 0. The molecule has 0 aliphatic heterocycles. The van der Waals surface area contributed by atoms with Crippen LogP contribution < -0.4 is 4.74 Å². The van der Waals surface area contributed by atoms with Crippen LogP contribution in [0, 0.1) is 0 Å². The third-order valence-electron chi connectivity index (χ3n) is 3.30. The fourth-order valence-corrected chi connectivity index (χ4v) is 2.07. The highest BCUT2D eigenvalue weighted by Gasteiger charge is 2.39. The second-order valence-electron chi connectivity index (χ2n) is 4.25. The third kappa shape index (κ3) is 2.29. The Hall–Kier alpha value is -1.49. The van der Waals surface area contributed by atoms with Gasteiger partial charge in [0.05, 0.1) is 12.7 Å². The smallest absolute Gasteiger partial charge is 0.243 e. The molecule has 0 amide bonds. The summed E-state index contributed by atoms with van der Waals surface area (Å²) in [6, 6.07) is 0. The lowest BCUT2D eigenvalue weighted by atomic mass is 9.76. The lowest BCUT2D eigenvalue weighted by Crippen LogP contribution is -2.41. The molecule has 1 aliphatic rings. The van der Waals surface area contributed by atoms with Gasteiger partial charge in [-0.05, 0) is 19.3 Å². The van der Waals surface area contributed by atoms with Gasteiger partial charge in [0, 0.05) is 25.9 Å². The Kier molecular flexibility index (Phi) is 3.38. The van der Waals surface area contributed by atoms with Crippen LogP contribution in [0.5, 0.6) is 5.88 Å². The molecule has 1 aromatic heterocycles. The van der Waals surface area contributed by atoms with Gasteiger partial charge in [-0.15, -0.1) is 0 Å². The van der Waals surface area contributed by atoms with Gasteiger partial charge < -0.3 is 9.47 Å². The van der Waals surface area contributed by atoms with Crippen LogP contribution in [0.2, 0.25) is 0 Å². The van der Waals surface area contributed by atoms with E-state index in [-0.39, 0.29) is 17.3 Å². The van der Waals surface area contributed by atoms with Crippen molar-refractivity contribution in [2.45, 2.75) is 31.3 Å². The van der Waals surface area contributed by atoms with Gasteiger partial charge >= 0.3 is 0 Å². The average Bonchev–Trinajstić information content (AvgIpc) is 2.33. The van der Waals surface area contributed by atoms with Gasteiger partial charge in [0.1, 0.15) is 0 Å². The minimum atomic E-state index is -0.292. The zero-order valence-electron chi connectivity index (χ0n) is 10.1. The van der Waals surface area contributed by atoms with Crippen molar-refractivity contribution in [1.29, 1.82) is 0 Å². The summed E-state index contributed by atoms with van der Waals surface area (Å²) >= 11 is 0. The van der Waals surface area contributed by atoms with E-state index in [0.717, 1.165) is 19.3 Å². The first-order valence-electron chi connectivity index (χ1n) is 5.64. The number of rotatable bonds is 5. The van der Waals surface area contributed by atoms with Gasteiger partial charge in [-0.3, -0.25) is 4.79 Å². The molecule has 92 valence electrons. The number of methoxy groups -OCH3 is 2. The van der Waals surface area contributed by atoms with Crippen LogP contribution in [0.1, 0.15) is 36.2 Å². The van der Waals surface area contributed by atoms with Crippen LogP contribution >= 0.6 is 0 Å². The fourth-order valence-electron chi connectivity index (χ4n) is 2.07. The summed E-state index contributed by atoms with van der Waals surface area (Å²) < 4.78 is 10.5. The molecular formula is C12H16N2O3. The highest BCUT2D eigenvalue weighted by atomic mass is 16.5. The summed E-state index contributed by atoms with van der Waals surface area (Å²) in [6.45, 7) is 0. The van der Waals surface area contributed by atoms with Crippen LogP contribution in [0.4, 0.5) is 0 Å². The summed E-state index contributed by atoms with van der Waals surface area (Å²) in [4.78, 5) is 20.1. The summed E-state index contributed by atoms with van der Waals surface area (Å²) in [6.07, 6.45) is 6.31. The number of hydrogen-bond donors (Lipinski definition) is 0. The zero-order chi connectivity index (χ0) is 12.3. The molecule has 0 unspecified atom stereocenters. The normalized spacial score (nSPS) is 17.3. The zero-order valence-corrected chi connectivity index (χ0v) is 10.1. The Morgan fingerprint density at radius 3 is 2.59 bits per heavy atom. The van der Waals surface area contributed by atoms with Crippen molar-refractivity contribution in [2.75, 3.05) is 14.2 Å². The van der Waals surface area contributed by atoms with Crippen molar-refractivity contribution in [3.05, 3.63) is 18.1 Å². The number of carbonyl (C=O) groups excluding carboxylic acids is 1. The number of hydrogen-bond acceptors (Lipinski definition) is 5. The van der Waals surface area contributed by atoms with E-state index >= 15 is 0 Å². The van der Waals surface area contributed by atoms with E-state index in [4.69, 9.17) is 9.47 Å². The van der Waals surface area contributed by atoms with E-state index < -0.39 is 0 Å². The Morgan fingerprint density at radius 2 is 2.06 bits per heavy atom. The van der Waals surface area contributed by atoms with Crippen molar-refractivity contribution in [3.63, 3.8) is 0 Å². The van der Waals surface area contributed by atoms with Crippen molar-refractivity contribution in [3.8, 4) is 5.88 Å². The highest BCUT2D eigenvalue weighted by molar-refractivity contribution is 5.96. The van der Waals surface area contributed by atoms with Gasteiger partial charge in [-0.25, -0.2) is 9.97 Å². The Labute approximate surface area is 100 Å². The standard InChI is InChI=1S/C12H16N2O3/c1-16-11-10(13-6-7-14-11)9(15)8-12(17-2)4-3-5-12/h6-7H,3-5,8H2,1-2H3. The van der Waals surface area contributed by atoms with Gasteiger partial charge in [0.15, 0.2) is 11.5 Å². The Bertz CT molecular complexity index is 410. The molecule has 0 aromatic carbocycles. The minimum absolute atomic E-state index is 0.0727. The monoisotopic (exact) mass is 236 g/mol. The molecule has 1 heterocycles. The van der Waals surface area contributed by atoms with Crippen LogP contribution in [0.3, 0.4) is 0 Å². The predicted octanol–water partition coefficient (Wildman–Crippen LogP) is 1.63. The minimum Gasteiger partial charge on any atom is -0.479 e.